The smallest absolute Gasteiger partial charge is 0.0376 e. The normalized spacial score (nSPS) is 23.2. The topological polar surface area (TPSA) is 12.0 Å². The molecule has 0 radical (unpaired) electrons. The molecule has 0 saturated carbocycles. The summed E-state index contributed by atoms with van der Waals surface area (Å²) in [5.74, 6) is 0. The molecule has 1 atom stereocenters. The monoisotopic (exact) mass is 217 g/mol. The molecule has 1 aliphatic rings. The van der Waals surface area contributed by atoms with Crippen molar-refractivity contribution < 1.29 is 0 Å². The summed E-state index contributed by atoms with van der Waals surface area (Å²) in [7, 11) is 0. The molecule has 1 aromatic rings. The summed E-state index contributed by atoms with van der Waals surface area (Å²) in [6.07, 6.45) is 2.49. The molecule has 88 valence electrons. The van der Waals surface area contributed by atoms with Gasteiger partial charge in [0.2, 0.25) is 0 Å². The summed E-state index contributed by atoms with van der Waals surface area (Å²) in [4.78, 5) is 0. The Hall–Kier alpha value is -0.820. The lowest BCUT2D eigenvalue weighted by Crippen LogP contribution is -2.41. The van der Waals surface area contributed by atoms with E-state index in [4.69, 9.17) is 0 Å². The van der Waals surface area contributed by atoms with Gasteiger partial charge in [0.15, 0.2) is 0 Å². The van der Waals surface area contributed by atoms with Crippen LogP contribution in [0.4, 0.5) is 0 Å². The molecule has 0 aromatic heterocycles. The van der Waals surface area contributed by atoms with Gasteiger partial charge in [0.25, 0.3) is 0 Å². The van der Waals surface area contributed by atoms with E-state index in [2.05, 4.69) is 57.3 Å². The van der Waals surface area contributed by atoms with Crippen molar-refractivity contribution in [3.63, 3.8) is 0 Å². The minimum Gasteiger partial charge on any atom is -0.307 e. The molecule has 0 fully saturated rings. The van der Waals surface area contributed by atoms with Crippen molar-refractivity contribution in [3.05, 3.63) is 35.4 Å². The van der Waals surface area contributed by atoms with Gasteiger partial charge in [0.1, 0.15) is 0 Å². The van der Waals surface area contributed by atoms with E-state index in [1.54, 1.807) is 0 Å². The van der Waals surface area contributed by atoms with Gasteiger partial charge in [-0.3, -0.25) is 0 Å². The number of aryl methyl sites for hydroxylation is 1. The Bertz CT molecular complexity index is 365. The molecular formula is C15H23N. The third-order valence-electron chi connectivity index (χ3n) is 3.69. The lowest BCUT2D eigenvalue weighted by molar-refractivity contribution is 0.199. The van der Waals surface area contributed by atoms with E-state index >= 15 is 0 Å². The summed E-state index contributed by atoms with van der Waals surface area (Å²) >= 11 is 0. The minimum atomic E-state index is 0.360. The van der Waals surface area contributed by atoms with Crippen LogP contribution in [0.2, 0.25) is 0 Å². The van der Waals surface area contributed by atoms with Crippen LogP contribution in [-0.4, -0.2) is 6.04 Å². The molecule has 16 heavy (non-hydrogen) atoms. The van der Waals surface area contributed by atoms with E-state index in [0.717, 1.165) is 0 Å². The van der Waals surface area contributed by atoms with Gasteiger partial charge in [0, 0.05) is 12.1 Å². The Balaban J connectivity index is 2.37. The second-order valence-corrected chi connectivity index (χ2v) is 5.94. The summed E-state index contributed by atoms with van der Waals surface area (Å²) in [6, 6.07) is 9.92. The largest absolute Gasteiger partial charge is 0.307 e. The third kappa shape index (κ3) is 2.15. The molecule has 1 N–H and O–H groups in total. The van der Waals surface area contributed by atoms with E-state index in [1.807, 2.05) is 0 Å². The Morgan fingerprint density at radius 1 is 1.25 bits per heavy atom. The van der Waals surface area contributed by atoms with Crippen molar-refractivity contribution in [2.24, 2.45) is 5.41 Å². The van der Waals surface area contributed by atoms with Crippen LogP contribution in [0.3, 0.4) is 0 Å². The van der Waals surface area contributed by atoms with Crippen molar-refractivity contribution in [1.29, 1.82) is 0 Å². The van der Waals surface area contributed by atoms with Crippen LogP contribution < -0.4 is 5.32 Å². The first-order valence-corrected chi connectivity index (χ1v) is 6.34. The molecule has 0 spiro atoms. The Kier molecular flexibility index (Phi) is 3.07. The highest BCUT2D eigenvalue weighted by Gasteiger charge is 2.35. The molecule has 0 saturated heterocycles. The van der Waals surface area contributed by atoms with Gasteiger partial charge >= 0.3 is 0 Å². The van der Waals surface area contributed by atoms with Crippen molar-refractivity contribution in [1.82, 2.24) is 5.32 Å². The highest BCUT2D eigenvalue weighted by molar-refractivity contribution is 5.34. The van der Waals surface area contributed by atoms with Crippen molar-refractivity contribution in [2.75, 3.05) is 0 Å². The fraction of sp³-hybridized carbons (Fsp3) is 0.600. The number of nitrogens with one attached hydrogen (secondary N) is 1. The van der Waals surface area contributed by atoms with Crippen molar-refractivity contribution in [3.8, 4) is 0 Å². The first-order valence-electron chi connectivity index (χ1n) is 6.34. The van der Waals surface area contributed by atoms with Crippen molar-refractivity contribution in [2.45, 2.75) is 52.6 Å². The zero-order valence-electron chi connectivity index (χ0n) is 10.9. The Labute approximate surface area is 99.3 Å². The van der Waals surface area contributed by atoms with Gasteiger partial charge in [-0.25, -0.2) is 0 Å². The lowest BCUT2D eigenvalue weighted by atomic mass is 9.70. The standard InChI is InChI=1S/C15H23N/c1-11(2)16-14-13-8-6-5-7-12(13)9-10-15(14,3)4/h5-8,11,14,16H,9-10H2,1-4H3. The number of rotatable bonds is 2. The van der Waals surface area contributed by atoms with Crippen LogP contribution >= 0.6 is 0 Å². The van der Waals surface area contributed by atoms with Gasteiger partial charge in [0.05, 0.1) is 0 Å². The van der Waals surface area contributed by atoms with Gasteiger partial charge < -0.3 is 5.32 Å². The predicted molar refractivity (Wildman–Crippen MR) is 69.6 cm³/mol. The van der Waals surface area contributed by atoms with Crippen LogP contribution in [0, 0.1) is 5.41 Å². The predicted octanol–water partition coefficient (Wildman–Crippen LogP) is 3.70. The molecule has 1 aliphatic carbocycles. The maximum absolute atomic E-state index is 3.73. The van der Waals surface area contributed by atoms with E-state index in [-0.39, 0.29) is 0 Å². The van der Waals surface area contributed by atoms with Crippen LogP contribution in [0.25, 0.3) is 0 Å². The Morgan fingerprint density at radius 2 is 1.94 bits per heavy atom. The lowest BCUT2D eigenvalue weighted by Gasteiger charge is -2.41. The molecule has 1 nitrogen and oxygen atoms in total. The number of hydrogen-bond donors (Lipinski definition) is 1. The van der Waals surface area contributed by atoms with Crippen LogP contribution in [0.15, 0.2) is 24.3 Å². The van der Waals surface area contributed by atoms with Gasteiger partial charge in [-0.2, -0.15) is 0 Å². The fourth-order valence-electron chi connectivity index (χ4n) is 2.71. The molecular weight excluding hydrogens is 194 g/mol. The highest BCUT2D eigenvalue weighted by atomic mass is 15.0. The Morgan fingerprint density at radius 3 is 2.62 bits per heavy atom. The van der Waals surface area contributed by atoms with E-state index in [9.17, 15) is 0 Å². The van der Waals surface area contributed by atoms with E-state index in [0.29, 0.717) is 17.5 Å². The molecule has 0 aliphatic heterocycles. The molecule has 1 aromatic carbocycles. The number of hydrogen-bond acceptors (Lipinski definition) is 1. The maximum Gasteiger partial charge on any atom is 0.0376 e. The first kappa shape index (κ1) is 11.7. The SMILES string of the molecule is CC(C)NC1c2ccccc2CCC1(C)C. The second-order valence-electron chi connectivity index (χ2n) is 5.94. The van der Waals surface area contributed by atoms with Crippen LogP contribution in [0.1, 0.15) is 51.3 Å². The van der Waals surface area contributed by atoms with Crippen LogP contribution in [-0.2, 0) is 6.42 Å². The summed E-state index contributed by atoms with van der Waals surface area (Å²) in [5, 5.41) is 3.73. The zero-order chi connectivity index (χ0) is 11.8. The number of benzene rings is 1. The first-order chi connectivity index (χ1) is 7.50. The molecule has 1 unspecified atom stereocenters. The third-order valence-corrected chi connectivity index (χ3v) is 3.69. The van der Waals surface area contributed by atoms with Gasteiger partial charge in [-0.1, -0.05) is 52.0 Å². The van der Waals surface area contributed by atoms with Crippen LogP contribution in [0.5, 0.6) is 0 Å². The van der Waals surface area contributed by atoms with Gasteiger partial charge in [-0.05, 0) is 29.4 Å². The maximum atomic E-state index is 3.73. The quantitative estimate of drug-likeness (QED) is 0.796. The average Bonchev–Trinajstić information content (AvgIpc) is 2.22. The summed E-state index contributed by atoms with van der Waals surface area (Å²) in [6.45, 7) is 9.21. The average molecular weight is 217 g/mol. The summed E-state index contributed by atoms with van der Waals surface area (Å²) < 4.78 is 0. The molecule has 0 bridgehead atoms. The summed E-state index contributed by atoms with van der Waals surface area (Å²) in [5.41, 5.74) is 3.39. The molecule has 1 heteroatoms. The zero-order valence-corrected chi connectivity index (χ0v) is 10.9. The molecule has 0 amide bonds. The minimum absolute atomic E-state index is 0.360. The fourth-order valence-corrected chi connectivity index (χ4v) is 2.71. The van der Waals surface area contributed by atoms with Crippen molar-refractivity contribution >= 4 is 0 Å². The molecule has 2 rings (SSSR count). The van der Waals surface area contributed by atoms with E-state index in [1.165, 1.54) is 24.0 Å². The number of fused-ring (bicyclic) bond motifs is 1. The second kappa shape index (κ2) is 4.21. The highest BCUT2D eigenvalue weighted by Crippen LogP contribution is 2.43. The van der Waals surface area contributed by atoms with E-state index < -0.39 is 0 Å². The van der Waals surface area contributed by atoms with Gasteiger partial charge in [-0.15, -0.1) is 0 Å². The molecule has 0 heterocycles.